The SMILES string of the molecule is O=C(c1ccc2c(ccn2-c2ccc(C(F)(F)F)cc2)c1)N1CC(N2CCN(C(=O)c3ccc[nH]3)CC2)C1. The second-order valence-corrected chi connectivity index (χ2v) is 9.78. The molecule has 0 aliphatic carbocycles. The first-order chi connectivity index (χ1) is 18.3. The van der Waals surface area contributed by atoms with Gasteiger partial charge in [0.1, 0.15) is 5.69 Å². The van der Waals surface area contributed by atoms with E-state index in [2.05, 4.69) is 9.88 Å². The molecule has 0 unspecified atom stereocenters. The Labute approximate surface area is 217 Å². The van der Waals surface area contributed by atoms with Crippen LogP contribution >= 0.6 is 0 Å². The molecular weight excluding hydrogens is 495 g/mol. The average molecular weight is 522 g/mol. The molecular formula is C28H26F3N5O2. The molecule has 0 saturated carbocycles. The lowest BCUT2D eigenvalue weighted by Gasteiger charge is -2.48. The highest BCUT2D eigenvalue weighted by atomic mass is 19.4. The standard InChI is InChI=1S/C28H26F3N5O2/c29-28(30,31)21-4-6-22(7-5-21)36-11-9-19-16-20(3-8-25(19)36)26(37)35-17-23(18-35)33-12-14-34(15-13-33)27(38)24-2-1-10-32-24/h1-11,16,23,32H,12-15,17-18H2. The minimum atomic E-state index is -4.38. The summed E-state index contributed by atoms with van der Waals surface area (Å²) in [5, 5.41) is 0.843. The largest absolute Gasteiger partial charge is 0.416 e. The van der Waals surface area contributed by atoms with E-state index in [1.165, 1.54) is 12.1 Å². The van der Waals surface area contributed by atoms with Crippen molar-refractivity contribution in [3.8, 4) is 5.69 Å². The van der Waals surface area contributed by atoms with Gasteiger partial charge in [-0.2, -0.15) is 13.2 Å². The molecule has 2 aromatic heterocycles. The van der Waals surface area contributed by atoms with E-state index < -0.39 is 11.7 Å². The normalized spacial score (nSPS) is 17.1. The summed E-state index contributed by atoms with van der Waals surface area (Å²) in [4.78, 5) is 34.6. The first-order valence-corrected chi connectivity index (χ1v) is 12.5. The fourth-order valence-electron chi connectivity index (χ4n) is 5.27. The van der Waals surface area contributed by atoms with E-state index in [0.29, 0.717) is 43.1 Å². The lowest BCUT2D eigenvalue weighted by molar-refractivity contribution is -0.137. The summed E-state index contributed by atoms with van der Waals surface area (Å²) < 4.78 is 40.5. The first-order valence-electron chi connectivity index (χ1n) is 12.5. The van der Waals surface area contributed by atoms with Crippen LogP contribution in [0.25, 0.3) is 16.6 Å². The number of nitrogens with one attached hydrogen (secondary N) is 1. The minimum absolute atomic E-state index is 0.0163. The van der Waals surface area contributed by atoms with Crippen LogP contribution in [-0.2, 0) is 6.18 Å². The van der Waals surface area contributed by atoms with Crippen LogP contribution in [0.5, 0.6) is 0 Å². The van der Waals surface area contributed by atoms with Crippen LogP contribution in [0.1, 0.15) is 26.4 Å². The van der Waals surface area contributed by atoms with E-state index in [1.807, 2.05) is 38.6 Å². The van der Waals surface area contributed by atoms with E-state index in [4.69, 9.17) is 0 Å². The molecule has 2 aliphatic heterocycles. The van der Waals surface area contributed by atoms with Gasteiger partial charge in [-0.1, -0.05) is 0 Å². The van der Waals surface area contributed by atoms with Gasteiger partial charge in [0.2, 0.25) is 0 Å². The van der Waals surface area contributed by atoms with Gasteiger partial charge < -0.3 is 19.4 Å². The summed E-state index contributed by atoms with van der Waals surface area (Å²) in [5.74, 6) is -0.0198. The van der Waals surface area contributed by atoms with Crippen molar-refractivity contribution >= 4 is 22.7 Å². The number of H-pyrrole nitrogens is 1. The Bertz CT molecular complexity index is 1460. The Balaban J connectivity index is 1.06. The average Bonchev–Trinajstić information content (AvgIpc) is 3.57. The zero-order valence-corrected chi connectivity index (χ0v) is 20.5. The number of carbonyl (C=O) groups is 2. The van der Waals surface area contributed by atoms with Crippen molar-refractivity contribution < 1.29 is 22.8 Å². The number of amides is 2. The number of benzene rings is 2. The van der Waals surface area contributed by atoms with Gasteiger partial charge in [0, 0.05) is 74.3 Å². The topological polar surface area (TPSA) is 64.6 Å². The third-order valence-electron chi connectivity index (χ3n) is 7.51. The van der Waals surface area contributed by atoms with E-state index in [-0.39, 0.29) is 17.9 Å². The highest BCUT2D eigenvalue weighted by molar-refractivity contribution is 5.99. The van der Waals surface area contributed by atoms with Gasteiger partial charge in [-0.05, 0) is 60.7 Å². The van der Waals surface area contributed by atoms with Gasteiger partial charge in [-0.15, -0.1) is 0 Å². The number of piperazine rings is 1. The van der Waals surface area contributed by atoms with Gasteiger partial charge in [0.15, 0.2) is 0 Å². The minimum Gasteiger partial charge on any atom is -0.357 e. The molecule has 2 fully saturated rings. The second kappa shape index (κ2) is 9.36. The van der Waals surface area contributed by atoms with Crippen molar-refractivity contribution in [3.63, 3.8) is 0 Å². The van der Waals surface area contributed by atoms with Gasteiger partial charge in [0.05, 0.1) is 11.1 Å². The number of hydrogen-bond donors (Lipinski definition) is 1. The molecule has 2 saturated heterocycles. The molecule has 38 heavy (non-hydrogen) atoms. The second-order valence-electron chi connectivity index (χ2n) is 9.78. The molecule has 2 amide bonds. The lowest BCUT2D eigenvalue weighted by atomic mass is 10.0. The van der Waals surface area contributed by atoms with Crippen molar-refractivity contribution in [1.29, 1.82) is 0 Å². The third kappa shape index (κ3) is 4.45. The van der Waals surface area contributed by atoms with Gasteiger partial charge in [-0.3, -0.25) is 14.5 Å². The summed E-state index contributed by atoms with van der Waals surface area (Å²) in [7, 11) is 0. The van der Waals surface area contributed by atoms with E-state index in [1.54, 1.807) is 24.5 Å². The molecule has 2 aromatic carbocycles. The maximum atomic E-state index is 13.1. The number of rotatable bonds is 4. The smallest absolute Gasteiger partial charge is 0.357 e. The Hall–Kier alpha value is -4.05. The number of alkyl halides is 3. The summed E-state index contributed by atoms with van der Waals surface area (Å²) in [6.45, 7) is 4.18. The number of likely N-dealkylation sites (tertiary alicyclic amines) is 1. The van der Waals surface area contributed by atoms with Gasteiger partial charge in [0.25, 0.3) is 11.8 Å². The van der Waals surface area contributed by atoms with Crippen molar-refractivity contribution in [2.24, 2.45) is 0 Å². The number of aromatic nitrogens is 2. The maximum Gasteiger partial charge on any atom is 0.416 e. The number of nitrogens with zero attached hydrogens (tertiary/aromatic N) is 4. The van der Waals surface area contributed by atoms with Crippen LogP contribution in [0.3, 0.4) is 0 Å². The number of hydrogen-bond acceptors (Lipinski definition) is 3. The molecule has 4 aromatic rings. The molecule has 0 atom stereocenters. The molecule has 7 nitrogen and oxygen atoms in total. The van der Waals surface area contributed by atoms with Gasteiger partial charge >= 0.3 is 6.18 Å². The van der Waals surface area contributed by atoms with Crippen LogP contribution in [0.2, 0.25) is 0 Å². The third-order valence-corrected chi connectivity index (χ3v) is 7.51. The zero-order chi connectivity index (χ0) is 26.4. The fourth-order valence-corrected chi connectivity index (χ4v) is 5.27. The Kier molecular flexibility index (Phi) is 5.98. The number of aromatic amines is 1. The quantitative estimate of drug-likeness (QED) is 0.437. The zero-order valence-electron chi connectivity index (χ0n) is 20.5. The molecule has 0 radical (unpaired) electrons. The van der Waals surface area contributed by atoms with Crippen LogP contribution in [0, 0.1) is 0 Å². The van der Waals surface area contributed by atoms with Crippen molar-refractivity contribution in [3.05, 3.63) is 89.9 Å². The van der Waals surface area contributed by atoms with Crippen molar-refractivity contribution in [1.82, 2.24) is 24.3 Å². The highest BCUT2D eigenvalue weighted by Crippen LogP contribution is 2.31. The molecule has 2 aliphatic rings. The van der Waals surface area contributed by atoms with Crippen molar-refractivity contribution in [2.75, 3.05) is 39.3 Å². The summed E-state index contributed by atoms with van der Waals surface area (Å²) in [5.41, 5.74) is 1.93. The van der Waals surface area contributed by atoms with Crippen LogP contribution in [0.15, 0.2) is 73.1 Å². The molecule has 0 bridgehead atoms. The van der Waals surface area contributed by atoms with E-state index >= 15 is 0 Å². The molecule has 0 spiro atoms. The van der Waals surface area contributed by atoms with Gasteiger partial charge in [-0.25, -0.2) is 0 Å². The summed E-state index contributed by atoms with van der Waals surface area (Å²) in [6, 6.07) is 16.2. The Morgan fingerprint density at radius 2 is 1.58 bits per heavy atom. The molecule has 6 rings (SSSR count). The molecule has 196 valence electrons. The summed E-state index contributed by atoms with van der Waals surface area (Å²) in [6.07, 6.45) is -0.837. The maximum absolute atomic E-state index is 13.1. The Morgan fingerprint density at radius 1 is 0.842 bits per heavy atom. The Morgan fingerprint density at radius 3 is 2.24 bits per heavy atom. The van der Waals surface area contributed by atoms with Crippen LogP contribution < -0.4 is 0 Å². The number of halogens is 3. The first kappa shape index (κ1) is 24.3. The molecule has 4 heterocycles. The highest BCUT2D eigenvalue weighted by Gasteiger charge is 2.37. The lowest BCUT2D eigenvalue weighted by Crippen LogP contribution is -2.64. The van der Waals surface area contributed by atoms with Crippen LogP contribution in [-0.4, -0.2) is 81.4 Å². The van der Waals surface area contributed by atoms with Crippen LogP contribution in [0.4, 0.5) is 13.2 Å². The summed E-state index contributed by atoms with van der Waals surface area (Å²) >= 11 is 0. The number of carbonyl (C=O) groups excluding carboxylic acids is 2. The fraction of sp³-hybridized carbons (Fsp3) is 0.286. The number of fused-ring (bicyclic) bond motifs is 1. The molecule has 10 heteroatoms. The van der Waals surface area contributed by atoms with Crippen molar-refractivity contribution in [2.45, 2.75) is 12.2 Å². The molecule has 1 N–H and O–H groups in total. The van der Waals surface area contributed by atoms with E-state index in [0.717, 1.165) is 36.1 Å². The predicted molar refractivity (Wildman–Crippen MR) is 136 cm³/mol. The monoisotopic (exact) mass is 521 g/mol. The van der Waals surface area contributed by atoms with E-state index in [9.17, 15) is 22.8 Å². The predicted octanol–water partition coefficient (Wildman–Crippen LogP) is 4.26.